The summed E-state index contributed by atoms with van der Waals surface area (Å²) in [5.74, 6) is 1.91. The predicted molar refractivity (Wildman–Crippen MR) is 106 cm³/mol. The molecule has 0 amide bonds. The van der Waals surface area contributed by atoms with Crippen molar-refractivity contribution >= 4 is 16.6 Å². The first-order valence-electron chi connectivity index (χ1n) is 9.18. The third kappa shape index (κ3) is 3.52. The minimum atomic E-state index is 0.804. The third-order valence-corrected chi connectivity index (χ3v) is 5.26. The molecule has 1 N–H and O–H groups in total. The second kappa shape index (κ2) is 7.24. The average Bonchev–Trinajstić information content (AvgIpc) is 2.69. The topological polar surface area (TPSA) is 28.2 Å². The van der Waals surface area contributed by atoms with E-state index in [1.807, 2.05) is 13.2 Å². The molecule has 0 spiro atoms. The molecular formula is C22H25N3. The second-order valence-electron chi connectivity index (χ2n) is 6.96. The molecule has 0 radical (unpaired) electrons. The highest BCUT2D eigenvalue weighted by Crippen LogP contribution is 2.26. The van der Waals surface area contributed by atoms with Crippen LogP contribution in [0.4, 0.5) is 5.82 Å². The molecule has 0 saturated carbocycles. The Bertz CT molecular complexity index is 833. The largest absolute Gasteiger partial charge is 0.357 e. The first kappa shape index (κ1) is 16.1. The van der Waals surface area contributed by atoms with E-state index in [1.165, 1.54) is 34.7 Å². The van der Waals surface area contributed by atoms with E-state index in [0.717, 1.165) is 31.4 Å². The Balaban J connectivity index is 1.50. The van der Waals surface area contributed by atoms with Crippen molar-refractivity contribution in [2.75, 3.05) is 31.6 Å². The lowest BCUT2D eigenvalue weighted by Crippen LogP contribution is -2.37. The monoisotopic (exact) mass is 331 g/mol. The molecule has 1 aliphatic rings. The molecule has 2 heterocycles. The summed E-state index contributed by atoms with van der Waals surface area (Å²) < 4.78 is 0. The number of pyridine rings is 1. The number of fused-ring (bicyclic) bond motifs is 1. The Morgan fingerprint density at radius 3 is 2.44 bits per heavy atom. The second-order valence-corrected chi connectivity index (χ2v) is 6.96. The van der Waals surface area contributed by atoms with Gasteiger partial charge in [-0.3, -0.25) is 0 Å². The van der Waals surface area contributed by atoms with Gasteiger partial charge in [0.05, 0.1) is 0 Å². The van der Waals surface area contributed by atoms with Crippen LogP contribution in [0, 0.1) is 5.92 Å². The maximum absolute atomic E-state index is 4.74. The van der Waals surface area contributed by atoms with Crippen LogP contribution in [0.1, 0.15) is 12.8 Å². The summed E-state index contributed by atoms with van der Waals surface area (Å²) in [7, 11) is 2.04. The van der Waals surface area contributed by atoms with Gasteiger partial charge in [0.1, 0.15) is 5.82 Å². The average molecular weight is 331 g/mol. The molecule has 3 nitrogen and oxygen atoms in total. The van der Waals surface area contributed by atoms with Crippen molar-refractivity contribution in [2.24, 2.45) is 5.92 Å². The number of aromatic nitrogens is 1. The highest BCUT2D eigenvalue weighted by molar-refractivity contribution is 5.87. The van der Waals surface area contributed by atoms with E-state index in [4.69, 9.17) is 4.98 Å². The van der Waals surface area contributed by atoms with Crippen LogP contribution in [0.5, 0.6) is 0 Å². The zero-order valence-electron chi connectivity index (χ0n) is 14.8. The Labute approximate surface area is 149 Å². The lowest BCUT2D eigenvalue weighted by atomic mass is 9.97. The van der Waals surface area contributed by atoms with E-state index >= 15 is 0 Å². The van der Waals surface area contributed by atoms with Crippen LogP contribution >= 0.6 is 0 Å². The smallest absolute Gasteiger partial charge is 0.128 e. The number of rotatable bonds is 4. The third-order valence-electron chi connectivity index (χ3n) is 5.26. The van der Waals surface area contributed by atoms with Gasteiger partial charge >= 0.3 is 0 Å². The van der Waals surface area contributed by atoms with Gasteiger partial charge in [-0.1, -0.05) is 36.4 Å². The van der Waals surface area contributed by atoms with Gasteiger partial charge in [-0.2, -0.15) is 0 Å². The normalized spacial score (nSPS) is 15.6. The molecule has 0 unspecified atom stereocenters. The van der Waals surface area contributed by atoms with Crippen LogP contribution in [0.25, 0.3) is 21.9 Å². The van der Waals surface area contributed by atoms with E-state index < -0.39 is 0 Å². The minimum Gasteiger partial charge on any atom is -0.357 e. The molecule has 1 saturated heterocycles. The number of piperidine rings is 1. The van der Waals surface area contributed by atoms with Gasteiger partial charge in [0.2, 0.25) is 0 Å². The molecular weight excluding hydrogens is 306 g/mol. The van der Waals surface area contributed by atoms with E-state index in [1.54, 1.807) is 0 Å². The number of nitrogens with zero attached hydrogens (tertiary/aromatic N) is 2. The van der Waals surface area contributed by atoms with Crippen LogP contribution in [-0.2, 0) is 0 Å². The van der Waals surface area contributed by atoms with Crippen molar-refractivity contribution in [1.29, 1.82) is 0 Å². The van der Waals surface area contributed by atoms with Gasteiger partial charge in [0, 0.05) is 24.8 Å². The van der Waals surface area contributed by atoms with Crippen molar-refractivity contribution in [2.45, 2.75) is 12.8 Å². The molecule has 4 rings (SSSR count). The molecule has 128 valence electrons. The summed E-state index contributed by atoms with van der Waals surface area (Å²) in [6, 6.07) is 19.5. The van der Waals surface area contributed by atoms with Crippen LogP contribution in [0.15, 0.2) is 60.8 Å². The molecule has 0 atom stereocenters. The molecule has 0 aliphatic carbocycles. The van der Waals surface area contributed by atoms with Gasteiger partial charge in [0.25, 0.3) is 0 Å². The molecule has 1 fully saturated rings. The SMILES string of the molecule is CNCC1CCN(c2ccc(-c3ccc4ccccc4c3)cn2)CC1. The fraction of sp³-hybridized carbons (Fsp3) is 0.318. The van der Waals surface area contributed by atoms with E-state index in [0.29, 0.717) is 0 Å². The first-order chi connectivity index (χ1) is 12.3. The van der Waals surface area contributed by atoms with Gasteiger partial charge in [-0.25, -0.2) is 4.98 Å². The molecule has 0 bridgehead atoms. The minimum absolute atomic E-state index is 0.804. The molecule has 1 aliphatic heterocycles. The van der Waals surface area contributed by atoms with Gasteiger partial charge in [0.15, 0.2) is 0 Å². The summed E-state index contributed by atoms with van der Waals surface area (Å²) >= 11 is 0. The maximum atomic E-state index is 4.74. The van der Waals surface area contributed by atoms with Gasteiger partial charge in [-0.15, -0.1) is 0 Å². The van der Waals surface area contributed by atoms with E-state index in [2.05, 4.69) is 64.8 Å². The van der Waals surface area contributed by atoms with Gasteiger partial charge in [-0.05, 0) is 66.9 Å². The standard InChI is InChI=1S/C22H25N3/c1-23-15-17-10-12-25(13-11-17)22-9-8-21(16-24-22)20-7-6-18-4-2-3-5-19(18)14-20/h2-9,14,16-17,23H,10-13,15H2,1H3. The van der Waals surface area contributed by atoms with Crippen LogP contribution in [0.2, 0.25) is 0 Å². The summed E-state index contributed by atoms with van der Waals surface area (Å²) in [5.41, 5.74) is 2.41. The summed E-state index contributed by atoms with van der Waals surface area (Å²) in [6.07, 6.45) is 4.50. The van der Waals surface area contributed by atoms with Crippen molar-refractivity contribution in [3.8, 4) is 11.1 Å². The van der Waals surface area contributed by atoms with Crippen LogP contribution < -0.4 is 10.2 Å². The van der Waals surface area contributed by atoms with Crippen molar-refractivity contribution in [3.63, 3.8) is 0 Å². The number of hydrogen-bond acceptors (Lipinski definition) is 3. The predicted octanol–water partition coefficient (Wildman–Crippen LogP) is 4.34. The number of hydrogen-bond donors (Lipinski definition) is 1. The Hall–Kier alpha value is -2.39. The highest BCUT2D eigenvalue weighted by Gasteiger charge is 2.19. The van der Waals surface area contributed by atoms with Gasteiger partial charge < -0.3 is 10.2 Å². The lowest BCUT2D eigenvalue weighted by molar-refractivity contribution is 0.392. The summed E-state index contributed by atoms with van der Waals surface area (Å²) in [4.78, 5) is 7.15. The number of nitrogens with one attached hydrogen (secondary N) is 1. The van der Waals surface area contributed by atoms with Crippen molar-refractivity contribution < 1.29 is 0 Å². The summed E-state index contributed by atoms with van der Waals surface area (Å²) in [5, 5.41) is 5.85. The molecule has 3 heteroatoms. The van der Waals surface area contributed by atoms with Crippen molar-refractivity contribution in [1.82, 2.24) is 10.3 Å². The van der Waals surface area contributed by atoms with Crippen LogP contribution in [-0.4, -0.2) is 31.7 Å². The molecule has 3 aromatic rings. The Morgan fingerprint density at radius 1 is 0.960 bits per heavy atom. The number of benzene rings is 2. The Morgan fingerprint density at radius 2 is 1.72 bits per heavy atom. The Kier molecular flexibility index (Phi) is 4.66. The van der Waals surface area contributed by atoms with Crippen molar-refractivity contribution in [3.05, 3.63) is 60.8 Å². The zero-order valence-corrected chi connectivity index (χ0v) is 14.8. The maximum Gasteiger partial charge on any atom is 0.128 e. The fourth-order valence-electron chi connectivity index (χ4n) is 3.77. The molecule has 1 aromatic heterocycles. The molecule has 25 heavy (non-hydrogen) atoms. The lowest BCUT2D eigenvalue weighted by Gasteiger charge is -2.32. The van der Waals surface area contributed by atoms with Crippen LogP contribution in [0.3, 0.4) is 0 Å². The zero-order chi connectivity index (χ0) is 17.1. The fourth-order valence-corrected chi connectivity index (χ4v) is 3.77. The first-order valence-corrected chi connectivity index (χ1v) is 9.18. The summed E-state index contributed by atoms with van der Waals surface area (Å²) in [6.45, 7) is 3.34. The quantitative estimate of drug-likeness (QED) is 0.771. The van der Waals surface area contributed by atoms with E-state index in [9.17, 15) is 0 Å². The molecule has 2 aromatic carbocycles. The number of anilines is 1. The highest BCUT2D eigenvalue weighted by atomic mass is 15.2. The van der Waals surface area contributed by atoms with E-state index in [-0.39, 0.29) is 0 Å².